The molecule has 2 N–H and O–H groups in total. The van der Waals surface area contributed by atoms with Gasteiger partial charge in [0.2, 0.25) is 17.7 Å². The first-order valence-corrected chi connectivity index (χ1v) is 8.09. The lowest BCUT2D eigenvalue weighted by atomic mass is 10.0. The third-order valence-electron chi connectivity index (χ3n) is 4.99. The molecule has 0 saturated carbocycles. The SMILES string of the molecule is COc1ccnc(N2CC3CN(C4CC(=O)NC(=O)N4)CC3C2)n1. The molecule has 3 aliphatic heterocycles. The molecule has 128 valence electrons. The zero-order valence-electron chi connectivity index (χ0n) is 13.4. The van der Waals surface area contributed by atoms with Crippen LogP contribution in [0.25, 0.3) is 0 Å². The van der Waals surface area contributed by atoms with Crippen LogP contribution in [0.1, 0.15) is 6.42 Å². The summed E-state index contributed by atoms with van der Waals surface area (Å²) in [6.45, 7) is 3.48. The van der Waals surface area contributed by atoms with Gasteiger partial charge in [0.15, 0.2) is 0 Å². The minimum atomic E-state index is -0.403. The standard InChI is InChI=1S/C15H20N6O3/c1-24-13-2-3-16-14(19-13)21-7-9-5-20(6-10(9)8-21)11-4-12(22)18-15(23)17-11/h2-3,9-11H,4-8H2,1H3,(H2,17,18,22,23). The number of hydrogen-bond acceptors (Lipinski definition) is 7. The predicted octanol–water partition coefficient (Wildman–Crippen LogP) is -0.591. The summed E-state index contributed by atoms with van der Waals surface area (Å²) in [6.07, 6.45) is 1.82. The van der Waals surface area contributed by atoms with E-state index >= 15 is 0 Å². The molecular weight excluding hydrogens is 312 g/mol. The van der Waals surface area contributed by atoms with E-state index in [0.717, 1.165) is 26.2 Å². The molecule has 9 heteroatoms. The van der Waals surface area contributed by atoms with E-state index in [2.05, 4.69) is 30.4 Å². The molecule has 4 rings (SSSR count). The van der Waals surface area contributed by atoms with Crippen molar-refractivity contribution in [1.29, 1.82) is 0 Å². The molecule has 0 aliphatic carbocycles. The number of urea groups is 1. The van der Waals surface area contributed by atoms with Crippen LogP contribution in [-0.2, 0) is 4.79 Å². The van der Waals surface area contributed by atoms with E-state index in [1.165, 1.54) is 0 Å². The Morgan fingerprint density at radius 3 is 2.62 bits per heavy atom. The van der Waals surface area contributed by atoms with Gasteiger partial charge in [-0.3, -0.25) is 15.0 Å². The van der Waals surface area contributed by atoms with Crippen molar-refractivity contribution in [2.75, 3.05) is 38.2 Å². The van der Waals surface area contributed by atoms with Crippen molar-refractivity contribution < 1.29 is 14.3 Å². The third kappa shape index (κ3) is 2.75. The fourth-order valence-corrected chi connectivity index (χ4v) is 3.86. The topological polar surface area (TPSA) is 99.7 Å². The van der Waals surface area contributed by atoms with Gasteiger partial charge < -0.3 is 15.0 Å². The Balaban J connectivity index is 1.39. The first kappa shape index (κ1) is 15.1. The summed E-state index contributed by atoms with van der Waals surface area (Å²) in [7, 11) is 1.59. The number of ether oxygens (including phenoxy) is 1. The van der Waals surface area contributed by atoms with Crippen LogP contribution >= 0.6 is 0 Å². The molecule has 3 aliphatic rings. The Kier molecular flexibility index (Phi) is 3.72. The van der Waals surface area contributed by atoms with Crippen molar-refractivity contribution >= 4 is 17.9 Å². The number of hydrogen-bond donors (Lipinski definition) is 2. The average Bonchev–Trinajstić information content (AvgIpc) is 3.13. The van der Waals surface area contributed by atoms with Crippen molar-refractivity contribution in [3.8, 4) is 5.88 Å². The van der Waals surface area contributed by atoms with Crippen molar-refractivity contribution in [1.82, 2.24) is 25.5 Å². The lowest BCUT2D eigenvalue weighted by molar-refractivity contribution is -0.122. The number of rotatable bonds is 3. The normalized spacial score (nSPS) is 30.0. The molecule has 3 saturated heterocycles. The molecule has 24 heavy (non-hydrogen) atoms. The summed E-state index contributed by atoms with van der Waals surface area (Å²) in [6, 6.07) is 1.33. The first-order chi connectivity index (χ1) is 11.6. The van der Waals surface area contributed by atoms with Crippen LogP contribution in [-0.4, -0.2) is 66.3 Å². The Bertz CT molecular complexity index is 638. The maximum atomic E-state index is 11.5. The molecule has 0 aromatic carbocycles. The molecule has 1 aromatic rings. The number of imide groups is 1. The lowest BCUT2D eigenvalue weighted by Gasteiger charge is -2.32. The lowest BCUT2D eigenvalue weighted by Crippen LogP contribution is -2.58. The molecule has 3 fully saturated rings. The molecule has 3 atom stereocenters. The molecule has 4 heterocycles. The van der Waals surface area contributed by atoms with E-state index in [-0.39, 0.29) is 12.1 Å². The van der Waals surface area contributed by atoms with Crippen molar-refractivity contribution in [3.05, 3.63) is 12.3 Å². The smallest absolute Gasteiger partial charge is 0.322 e. The summed E-state index contributed by atoms with van der Waals surface area (Å²) < 4.78 is 5.16. The van der Waals surface area contributed by atoms with Crippen molar-refractivity contribution in [2.24, 2.45) is 11.8 Å². The number of aromatic nitrogens is 2. The second-order valence-corrected chi connectivity index (χ2v) is 6.52. The molecule has 0 bridgehead atoms. The van der Waals surface area contributed by atoms with E-state index in [1.54, 1.807) is 19.4 Å². The maximum Gasteiger partial charge on any atom is 0.322 e. The maximum absolute atomic E-state index is 11.5. The van der Waals surface area contributed by atoms with Gasteiger partial charge in [-0.15, -0.1) is 0 Å². The van der Waals surface area contributed by atoms with Crippen LogP contribution in [0.5, 0.6) is 5.88 Å². The summed E-state index contributed by atoms with van der Waals surface area (Å²) in [4.78, 5) is 36.1. The van der Waals surface area contributed by atoms with Gasteiger partial charge in [-0.2, -0.15) is 4.98 Å². The van der Waals surface area contributed by atoms with Gasteiger partial charge in [0.1, 0.15) is 0 Å². The van der Waals surface area contributed by atoms with Gasteiger partial charge in [0, 0.05) is 38.4 Å². The third-order valence-corrected chi connectivity index (χ3v) is 4.99. The highest BCUT2D eigenvalue weighted by molar-refractivity contribution is 5.97. The number of carbonyl (C=O) groups excluding carboxylic acids is 2. The molecule has 0 radical (unpaired) electrons. The van der Waals surface area contributed by atoms with Gasteiger partial charge >= 0.3 is 6.03 Å². The molecule has 1 aromatic heterocycles. The molecular formula is C15H20N6O3. The van der Waals surface area contributed by atoms with Gasteiger partial charge in [0.05, 0.1) is 19.7 Å². The van der Waals surface area contributed by atoms with Crippen LogP contribution < -0.4 is 20.3 Å². The quantitative estimate of drug-likeness (QED) is 0.763. The van der Waals surface area contributed by atoms with Crippen LogP contribution in [0.3, 0.4) is 0 Å². The van der Waals surface area contributed by atoms with Crippen LogP contribution in [0.2, 0.25) is 0 Å². The second kappa shape index (κ2) is 5.90. The minimum absolute atomic E-state index is 0.196. The van der Waals surface area contributed by atoms with Crippen molar-refractivity contribution in [3.63, 3.8) is 0 Å². The number of nitrogens with one attached hydrogen (secondary N) is 2. The van der Waals surface area contributed by atoms with Crippen LogP contribution in [0, 0.1) is 11.8 Å². The van der Waals surface area contributed by atoms with Gasteiger partial charge in [-0.05, 0) is 11.8 Å². The van der Waals surface area contributed by atoms with Gasteiger partial charge in [-0.1, -0.05) is 0 Å². The summed E-state index contributed by atoms with van der Waals surface area (Å²) in [5.41, 5.74) is 0. The largest absolute Gasteiger partial charge is 0.481 e. The van der Waals surface area contributed by atoms with E-state index in [1.807, 2.05) is 0 Å². The number of amides is 3. The molecule has 0 spiro atoms. The second-order valence-electron chi connectivity index (χ2n) is 6.52. The number of fused-ring (bicyclic) bond motifs is 1. The zero-order valence-corrected chi connectivity index (χ0v) is 13.4. The Morgan fingerprint density at radius 1 is 1.21 bits per heavy atom. The first-order valence-electron chi connectivity index (χ1n) is 8.09. The van der Waals surface area contributed by atoms with Crippen LogP contribution in [0.4, 0.5) is 10.7 Å². The fraction of sp³-hybridized carbons (Fsp3) is 0.600. The zero-order chi connectivity index (χ0) is 16.7. The summed E-state index contributed by atoms with van der Waals surface area (Å²) >= 11 is 0. The molecule has 9 nitrogen and oxygen atoms in total. The highest BCUT2D eigenvalue weighted by atomic mass is 16.5. The Labute approximate surface area is 139 Å². The van der Waals surface area contributed by atoms with E-state index in [4.69, 9.17) is 4.74 Å². The van der Waals surface area contributed by atoms with Gasteiger partial charge in [0.25, 0.3) is 0 Å². The van der Waals surface area contributed by atoms with E-state index in [9.17, 15) is 9.59 Å². The number of methoxy groups -OCH3 is 1. The van der Waals surface area contributed by atoms with Crippen LogP contribution in [0.15, 0.2) is 12.3 Å². The number of nitrogens with zero attached hydrogens (tertiary/aromatic N) is 4. The highest BCUT2D eigenvalue weighted by Gasteiger charge is 2.44. The van der Waals surface area contributed by atoms with Crippen molar-refractivity contribution in [2.45, 2.75) is 12.6 Å². The average molecular weight is 332 g/mol. The number of anilines is 1. The van der Waals surface area contributed by atoms with E-state index < -0.39 is 6.03 Å². The monoisotopic (exact) mass is 332 g/mol. The minimum Gasteiger partial charge on any atom is -0.481 e. The Hall–Kier alpha value is -2.42. The fourth-order valence-electron chi connectivity index (χ4n) is 3.86. The highest BCUT2D eigenvalue weighted by Crippen LogP contribution is 2.34. The Morgan fingerprint density at radius 2 is 1.96 bits per heavy atom. The predicted molar refractivity (Wildman–Crippen MR) is 84.4 cm³/mol. The number of carbonyl (C=O) groups is 2. The van der Waals surface area contributed by atoms with Gasteiger partial charge in [-0.25, -0.2) is 9.78 Å². The summed E-state index contributed by atoms with van der Waals surface area (Å²) in [5.74, 6) is 2.02. The number of likely N-dealkylation sites (tertiary alicyclic amines) is 1. The molecule has 3 unspecified atom stereocenters. The molecule has 3 amide bonds. The van der Waals surface area contributed by atoms with E-state index in [0.29, 0.717) is 30.1 Å². The summed E-state index contributed by atoms with van der Waals surface area (Å²) in [5, 5.41) is 5.11.